The van der Waals surface area contributed by atoms with Gasteiger partial charge in [0.05, 0.1) is 5.69 Å². The van der Waals surface area contributed by atoms with Crippen LogP contribution >= 0.6 is 0 Å². The van der Waals surface area contributed by atoms with Gasteiger partial charge in [0, 0.05) is 12.3 Å². The molecular weight excluding hydrogens is 142 g/mol. The fraction of sp³-hybridized carbons (Fsp3) is 0. The van der Waals surface area contributed by atoms with Crippen LogP contribution in [-0.2, 0) is 4.79 Å². The average molecular weight is 149 g/mol. The summed E-state index contributed by atoms with van der Waals surface area (Å²) < 4.78 is 0. The summed E-state index contributed by atoms with van der Waals surface area (Å²) in [6.07, 6.45) is 4.12. The molecule has 1 N–H and O–H groups in total. The van der Waals surface area contributed by atoms with Gasteiger partial charge in [0.25, 0.3) is 0 Å². The number of pyridine rings is 1. The number of carboxylic acids is 1. The predicted octanol–water partition coefficient (Wildman–Crippen LogP) is 1.18. The van der Waals surface area contributed by atoms with Gasteiger partial charge in [-0.3, -0.25) is 4.98 Å². The first kappa shape index (κ1) is 7.47. The van der Waals surface area contributed by atoms with Gasteiger partial charge in [-0.15, -0.1) is 0 Å². The summed E-state index contributed by atoms with van der Waals surface area (Å²) in [5.41, 5.74) is 0.648. The van der Waals surface area contributed by atoms with Crippen molar-refractivity contribution in [3.63, 3.8) is 0 Å². The van der Waals surface area contributed by atoms with E-state index < -0.39 is 5.97 Å². The van der Waals surface area contributed by atoms with Gasteiger partial charge in [0.2, 0.25) is 0 Å². The molecule has 3 nitrogen and oxygen atoms in total. The van der Waals surface area contributed by atoms with Gasteiger partial charge in [-0.25, -0.2) is 4.79 Å². The maximum absolute atomic E-state index is 10.1. The quantitative estimate of drug-likeness (QED) is 0.642. The van der Waals surface area contributed by atoms with Gasteiger partial charge in [-0.1, -0.05) is 6.07 Å². The summed E-state index contributed by atoms with van der Waals surface area (Å²) in [5.74, 6) is -0.962. The highest BCUT2D eigenvalue weighted by molar-refractivity contribution is 5.84. The normalized spacial score (nSPS) is 10.2. The van der Waals surface area contributed by atoms with E-state index in [0.29, 0.717) is 5.69 Å². The van der Waals surface area contributed by atoms with E-state index in [9.17, 15) is 4.79 Å². The molecule has 1 heterocycles. The van der Waals surface area contributed by atoms with Gasteiger partial charge in [-0.2, -0.15) is 0 Å². The average Bonchev–Trinajstić information content (AvgIpc) is 2.03. The topological polar surface area (TPSA) is 50.2 Å². The molecule has 0 unspecified atom stereocenters. The lowest BCUT2D eigenvalue weighted by Crippen LogP contribution is -1.86. The summed E-state index contributed by atoms with van der Waals surface area (Å²) >= 11 is 0. The molecule has 56 valence electrons. The van der Waals surface area contributed by atoms with Crippen molar-refractivity contribution >= 4 is 12.0 Å². The Balaban J connectivity index is 2.72. The van der Waals surface area contributed by atoms with Crippen molar-refractivity contribution < 1.29 is 9.90 Å². The molecule has 1 aromatic rings. The second-order valence-electron chi connectivity index (χ2n) is 1.93. The number of aromatic nitrogens is 1. The van der Waals surface area contributed by atoms with Crippen molar-refractivity contribution in [1.82, 2.24) is 4.98 Å². The largest absolute Gasteiger partial charge is 0.478 e. The number of carbonyl (C=O) groups is 1. The molecule has 0 atom stereocenters. The first-order chi connectivity index (χ1) is 5.29. The van der Waals surface area contributed by atoms with Crippen LogP contribution < -0.4 is 0 Å². The third kappa shape index (κ3) is 2.62. The van der Waals surface area contributed by atoms with Crippen LogP contribution in [0.15, 0.2) is 30.5 Å². The second kappa shape index (κ2) is 3.51. The Morgan fingerprint density at radius 2 is 2.36 bits per heavy atom. The van der Waals surface area contributed by atoms with Gasteiger partial charge in [0.15, 0.2) is 0 Å². The molecule has 1 aromatic heterocycles. The molecule has 0 spiro atoms. The van der Waals surface area contributed by atoms with Crippen LogP contribution in [0.5, 0.6) is 0 Å². The molecule has 0 fully saturated rings. The van der Waals surface area contributed by atoms with E-state index in [1.54, 1.807) is 24.4 Å². The lowest BCUT2D eigenvalue weighted by Gasteiger charge is -1.87. The summed E-state index contributed by atoms with van der Waals surface area (Å²) in [7, 11) is 0. The van der Waals surface area contributed by atoms with E-state index in [1.807, 2.05) is 0 Å². The van der Waals surface area contributed by atoms with Gasteiger partial charge in [-0.05, 0) is 18.2 Å². The standard InChI is InChI=1S/C8H7NO2/c10-8(11)5-4-7-3-1-2-6-9-7/h1-6H,(H,10,11)/b5-4-. The SMILES string of the molecule is O=C(O)/C=C\c1ccccn1. The van der Waals surface area contributed by atoms with Crippen LogP contribution in [0.25, 0.3) is 6.08 Å². The maximum atomic E-state index is 10.1. The van der Waals surface area contributed by atoms with Crippen molar-refractivity contribution in [2.45, 2.75) is 0 Å². The molecular formula is C8H7NO2. The number of rotatable bonds is 2. The Hall–Kier alpha value is -1.64. The van der Waals surface area contributed by atoms with E-state index in [1.165, 1.54) is 6.08 Å². The van der Waals surface area contributed by atoms with Crippen molar-refractivity contribution in [3.8, 4) is 0 Å². The van der Waals surface area contributed by atoms with E-state index in [2.05, 4.69) is 4.98 Å². The maximum Gasteiger partial charge on any atom is 0.328 e. The molecule has 0 aliphatic carbocycles. The molecule has 0 amide bonds. The zero-order chi connectivity index (χ0) is 8.10. The summed E-state index contributed by atoms with van der Waals surface area (Å²) in [6.45, 7) is 0. The first-order valence-corrected chi connectivity index (χ1v) is 3.11. The molecule has 1 rings (SSSR count). The number of aliphatic carboxylic acids is 1. The minimum atomic E-state index is -0.962. The third-order valence-corrected chi connectivity index (χ3v) is 1.08. The van der Waals surface area contributed by atoms with E-state index >= 15 is 0 Å². The summed E-state index contributed by atoms with van der Waals surface area (Å²) in [6, 6.07) is 5.31. The van der Waals surface area contributed by atoms with Crippen LogP contribution in [0.2, 0.25) is 0 Å². The zero-order valence-corrected chi connectivity index (χ0v) is 5.77. The lowest BCUT2D eigenvalue weighted by molar-refractivity contribution is -0.131. The highest BCUT2D eigenvalue weighted by Crippen LogP contribution is 1.95. The Labute approximate surface area is 64.0 Å². The molecule has 11 heavy (non-hydrogen) atoms. The van der Waals surface area contributed by atoms with Crippen molar-refractivity contribution in [2.24, 2.45) is 0 Å². The number of hydrogen-bond donors (Lipinski definition) is 1. The van der Waals surface area contributed by atoms with Crippen LogP contribution in [0.1, 0.15) is 5.69 Å². The highest BCUT2D eigenvalue weighted by Gasteiger charge is 1.87. The van der Waals surface area contributed by atoms with Crippen LogP contribution in [-0.4, -0.2) is 16.1 Å². The first-order valence-electron chi connectivity index (χ1n) is 3.11. The lowest BCUT2D eigenvalue weighted by atomic mass is 10.3. The third-order valence-electron chi connectivity index (χ3n) is 1.08. The second-order valence-corrected chi connectivity index (χ2v) is 1.93. The number of carboxylic acid groups (broad SMARTS) is 1. The van der Waals surface area contributed by atoms with E-state index in [4.69, 9.17) is 5.11 Å². The minimum absolute atomic E-state index is 0.648. The molecule has 0 radical (unpaired) electrons. The molecule has 0 aliphatic heterocycles. The van der Waals surface area contributed by atoms with Gasteiger partial charge < -0.3 is 5.11 Å². The van der Waals surface area contributed by atoms with E-state index in [-0.39, 0.29) is 0 Å². The molecule has 0 bridgehead atoms. The minimum Gasteiger partial charge on any atom is -0.478 e. The van der Waals surface area contributed by atoms with Crippen molar-refractivity contribution in [3.05, 3.63) is 36.2 Å². The Bertz CT molecular complexity index is 267. The van der Waals surface area contributed by atoms with Crippen LogP contribution in [0, 0.1) is 0 Å². The van der Waals surface area contributed by atoms with Gasteiger partial charge >= 0.3 is 5.97 Å². The Morgan fingerprint density at radius 1 is 1.55 bits per heavy atom. The number of hydrogen-bond acceptors (Lipinski definition) is 2. The summed E-state index contributed by atoms with van der Waals surface area (Å²) in [5, 5.41) is 8.26. The Kier molecular flexibility index (Phi) is 2.38. The van der Waals surface area contributed by atoms with Gasteiger partial charge in [0.1, 0.15) is 0 Å². The van der Waals surface area contributed by atoms with E-state index in [0.717, 1.165) is 6.08 Å². The number of nitrogens with zero attached hydrogens (tertiary/aromatic N) is 1. The predicted molar refractivity (Wildman–Crippen MR) is 40.9 cm³/mol. The molecule has 0 aliphatic rings. The highest BCUT2D eigenvalue weighted by atomic mass is 16.4. The van der Waals surface area contributed by atoms with Crippen LogP contribution in [0.3, 0.4) is 0 Å². The molecule has 0 aromatic carbocycles. The Morgan fingerprint density at radius 3 is 2.91 bits per heavy atom. The smallest absolute Gasteiger partial charge is 0.328 e. The molecule has 0 saturated heterocycles. The molecule has 0 saturated carbocycles. The zero-order valence-electron chi connectivity index (χ0n) is 5.77. The summed E-state index contributed by atoms with van der Waals surface area (Å²) in [4.78, 5) is 14.0. The van der Waals surface area contributed by atoms with Crippen molar-refractivity contribution in [2.75, 3.05) is 0 Å². The fourth-order valence-corrected chi connectivity index (χ4v) is 0.631. The van der Waals surface area contributed by atoms with Crippen LogP contribution in [0.4, 0.5) is 0 Å². The fourth-order valence-electron chi connectivity index (χ4n) is 0.631. The van der Waals surface area contributed by atoms with Crippen molar-refractivity contribution in [1.29, 1.82) is 0 Å². The molecule has 3 heteroatoms. The monoisotopic (exact) mass is 149 g/mol.